The van der Waals surface area contributed by atoms with Crippen LogP contribution in [0.1, 0.15) is 12.0 Å². The second kappa shape index (κ2) is 5.77. The number of halogens is 1. The van der Waals surface area contributed by atoms with E-state index in [4.69, 9.17) is 5.11 Å². The first-order chi connectivity index (χ1) is 8.60. The predicted octanol–water partition coefficient (Wildman–Crippen LogP) is 2.17. The maximum Gasteiger partial charge on any atom is 0.283 e. The Balaban J connectivity index is 2.06. The molecule has 0 amide bonds. The first-order valence-electron chi connectivity index (χ1n) is 5.86. The highest BCUT2D eigenvalue weighted by molar-refractivity contribution is 9.10. The second-order valence-electron chi connectivity index (χ2n) is 4.62. The molecular formula is C12H15BrN2O3. The molecule has 1 aliphatic rings. The molecule has 1 aromatic rings. The monoisotopic (exact) mass is 314 g/mol. The lowest BCUT2D eigenvalue weighted by Gasteiger charge is -2.15. The van der Waals surface area contributed by atoms with Crippen molar-refractivity contribution in [1.82, 2.24) is 4.90 Å². The summed E-state index contributed by atoms with van der Waals surface area (Å²) >= 11 is 3.18. The number of nitro groups is 1. The SMILES string of the molecule is O=[N+]([O-])c1cc(CN2CCC(CO)C2)ccc1Br. The van der Waals surface area contributed by atoms with Gasteiger partial charge in [-0.3, -0.25) is 15.0 Å². The average Bonchev–Trinajstić information content (AvgIpc) is 2.79. The molecule has 6 heteroatoms. The molecule has 18 heavy (non-hydrogen) atoms. The summed E-state index contributed by atoms with van der Waals surface area (Å²) in [5.74, 6) is 0.343. The molecule has 0 aromatic heterocycles. The van der Waals surface area contributed by atoms with Gasteiger partial charge in [-0.15, -0.1) is 0 Å². The van der Waals surface area contributed by atoms with Crippen molar-refractivity contribution in [1.29, 1.82) is 0 Å². The lowest BCUT2D eigenvalue weighted by atomic mass is 10.1. The maximum absolute atomic E-state index is 10.8. The molecule has 0 spiro atoms. The van der Waals surface area contributed by atoms with Gasteiger partial charge in [0.05, 0.1) is 9.40 Å². The van der Waals surface area contributed by atoms with Crippen molar-refractivity contribution in [3.63, 3.8) is 0 Å². The van der Waals surface area contributed by atoms with Gasteiger partial charge >= 0.3 is 0 Å². The number of nitrogens with zero attached hydrogens (tertiary/aromatic N) is 2. The van der Waals surface area contributed by atoms with Crippen molar-refractivity contribution in [2.75, 3.05) is 19.7 Å². The second-order valence-corrected chi connectivity index (χ2v) is 5.47. The zero-order valence-electron chi connectivity index (χ0n) is 9.88. The smallest absolute Gasteiger partial charge is 0.283 e. The van der Waals surface area contributed by atoms with Gasteiger partial charge in [0.1, 0.15) is 0 Å². The van der Waals surface area contributed by atoms with Gasteiger partial charge < -0.3 is 5.11 Å². The molecule has 1 unspecified atom stereocenters. The van der Waals surface area contributed by atoms with Gasteiger partial charge in [0.25, 0.3) is 5.69 Å². The Hall–Kier alpha value is -0.980. The van der Waals surface area contributed by atoms with E-state index < -0.39 is 0 Å². The quantitative estimate of drug-likeness (QED) is 0.683. The van der Waals surface area contributed by atoms with Crippen LogP contribution in [0.3, 0.4) is 0 Å². The van der Waals surface area contributed by atoms with E-state index >= 15 is 0 Å². The molecule has 1 aliphatic heterocycles. The van der Waals surface area contributed by atoms with Crippen LogP contribution < -0.4 is 0 Å². The Bertz CT molecular complexity index is 453. The van der Waals surface area contributed by atoms with Crippen molar-refractivity contribution in [2.24, 2.45) is 5.92 Å². The molecule has 1 fully saturated rings. The van der Waals surface area contributed by atoms with Gasteiger partial charge in [0.15, 0.2) is 0 Å². The number of hydrogen-bond donors (Lipinski definition) is 1. The summed E-state index contributed by atoms with van der Waals surface area (Å²) < 4.78 is 0.505. The Morgan fingerprint density at radius 2 is 2.33 bits per heavy atom. The van der Waals surface area contributed by atoms with Crippen LogP contribution in [0.4, 0.5) is 5.69 Å². The van der Waals surface area contributed by atoms with Crippen molar-refractivity contribution >= 4 is 21.6 Å². The lowest BCUT2D eigenvalue weighted by Crippen LogP contribution is -2.21. The minimum absolute atomic E-state index is 0.102. The molecule has 0 radical (unpaired) electrons. The molecule has 0 saturated carbocycles. The summed E-state index contributed by atoms with van der Waals surface area (Å²) in [6, 6.07) is 5.22. The number of aliphatic hydroxyl groups excluding tert-OH is 1. The van der Waals surface area contributed by atoms with Gasteiger partial charge in [0, 0.05) is 25.8 Å². The summed E-state index contributed by atoms with van der Waals surface area (Å²) in [6.45, 7) is 2.72. The molecule has 5 nitrogen and oxygen atoms in total. The van der Waals surface area contributed by atoms with E-state index in [-0.39, 0.29) is 17.2 Å². The van der Waals surface area contributed by atoms with Gasteiger partial charge in [-0.1, -0.05) is 6.07 Å². The van der Waals surface area contributed by atoms with Gasteiger partial charge in [-0.2, -0.15) is 0 Å². The molecule has 1 saturated heterocycles. The van der Waals surface area contributed by atoms with Crippen LogP contribution in [0.25, 0.3) is 0 Å². The summed E-state index contributed by atoms with van der Waals surface area (Å²) in [6.07, 6.45) is 0.995. The minimum atomic E-state index is -0.381. The standard InChI is InChI=1S/C12H15BrN2O3/c13-11-2-1-9(5-12(11)15(17)18)6-14-4-3-10(7-14)8-16/h1-2,5,10,16H,3-4,6-8H2. The fourth-order valence-electron chi connectivity index (χ4n) is 2.26. The van der Waals surface area contributed by atoms with Crippen LogP contribution in [0.15, 0.2) is 22.7 Å². The van der Waals surface area contributed by atoms with Crippen molar-refractivity contribution in [3.05, 3.63) is 38.3 Å². The summed E-state index contributed by atoms with van der Waals surface area (Å²) in [5, 5.41) is 19.9. The first kappa shape index (κ1) is 13.5. The average molecular weight is 315 g/mol. The van der Waals surface area contributed by atoms with Gasteiger partial charge in [0.2, 0.25) is 0 Å². The topological polar surface area (TPSA) is 66.6 Å². The number of rotatable bonds is 4. The largest absolute Gasteiger partial charge is 0.396 e. The molecule has 2 rings (SSSR count). The molecular weight excluding hydrogens is 300 g/mol. The van der Waals surface area contributed by atoms with Crippen molar-refractivity contribution < 1.29 is 10.0 Å². The highest BCUT2D eigenvalue weighted by atomic mass is 79.9. The molecule has 1 heterocycles. The van der Waals surface area contributed by atoms with Crippen molar-refractivity contribution in [3.8, 4) is 0 Å². The molecule has 0 aliphatic carbocycles. The number of benzene rings is 1. The predicted molar refractivity (Wildman–Crippen MR) is 71.3 cm³/mol. The highest BCUT2D eigenvalue weighted by Gasteiger charge is 2.22. The number of nitro benzene ring substituents is 1. The van der Waals surface area contributed by atoms with Gasteiger partial charge in [-0.05, 0) is 46.4 Å². The highest BCUT2D eigenvalue weighted by Crippen LogP contribution is 2.27. The number of hydrogen-bond acceptors (Lipinski definition) is 4. The van der Waals surface area contributed by atoms with E-state index in [0.717, 1.165) is 25.1 Å². The molecule has 1 N–H and O–H groups in total. The van der Waals surface area contributed by atoms with Crippen LogP contribution in [-0.2, 0) is 6.54 Å². The fourth-order valence-corrected chi connectivity index (χ4v) is 2.65. The van der Waals surface area contributed by atoms with E-state index in [2.05, 4.69) is 20.8 Å². The van der Waals surface area contributed by atoms with Crippen molar-refractivity contribution in [2.45, 2.75) is 13.0 Å². The molecule has 1 atom stereocenters. The zero-order valence-corrected chi connectivity index (χ0v) is 11.5. The third-order valence-corrected chi connectivity index (χ3v) is 3.91. The van der Waals surface area contributed by atoms with Crippen LogP contribution in [0, 0.1) is 16.0 Å². The van der Waals surface area contributed by atoms with E-state index in [1.54, 1.807) is 12.1 Å². The normalized spacial score (nSPS) is 20.2. The molecule has 1 aromatic carbocycles. The zero-order chi connectivity index (χ0) is 13.1. The Labute approximate surface area is 114 Å². The minimum Gasteiger partial charge on any atom is -0.396 e. The Morgan fingerprint density at radius 3 is 2.94 bits per heavy atom. The maximum atomic E-state index is 10.8. The third kappa shape index (κ3) is 3.07. The summed E-state index contributed by atoms with van der Waals surface area (Å²) in [5.41, 5.74) is 1.04. The number of likely N-dealkylation sites (tertiary alicyclic amines) is 1. The lowest BCUT2D eigenvalue weighted by molar-refractivity contribution is -0.385. The molecule has 98 valence electrons. The number of aliphatic hydroxyl groups is 1. The van der Waals surface area contributed by atoms with E-state index in [9.17, 15) is 10.1 Å². The summed E-state index contributed by atoms with van der Waals surface area (Å²) in [7, 11) is 0. The van der Waals surface area contributed by atoms with Gasteiger partial charge in [-0.25, -0.2) is 0 Å². The fraction of sp³-hybridized carbons (Fsp3) is 0.500. The Morgan fingerprint density at radius 1 is 1.56 bits per heavy atom. The van der Waals surface area contributed by atoms with Crippen LogP contribution in [0.2, 0.25) is 0 Å². The van der Waals surface area contributed by atoms with Crippen LogP contribution in [-0.4, -0.2) is 34.6 Å². The third-order valence-electron chi connectivity index (χ3n) is 3.24. The van der Waals surface area contributed by atoms with E-state index in [1.807, 2.05) is 6.07 Å². The molecule has 0 bridgehead atoms. The van der Waals surface area contributed by atoms with E-state index in [1.165, 1.54) is 0 Å². The Kier molecular flexibility index (Phi) is 4.31. The van der Waals surface area contributed by atoms with E-state index in [0.29, 0.717) is 16.9 Å². The van der Waals surface area contributed by atoms with Crippen LogP contribution >= 0.6 is 15.9 Å². The first-order valence-corrected chi connectivity index (χ1v) is 6.65. The van der Waals surface area contributed by atoms with Crippen LogP contribution in [0.5, 0.6) is 0 Å². The summed E-state index contributed by atoms with van der Waals surface area (Å²) in [4.78, 5) is 12.7.